The molecule has 1 N–H and O–H groups in total. The van der Waals surface area contributed by atoms with Crippen molar-refractivity contribution in [2.45, 2.75) is 18.9 Å². The summed E-state index contributed by atoms with van der Waals surface area (Å²) in [6, 6.07) is 0. The molecule has 1 aromatic heterocycles. The van der Waals surface area contributed by atoms with Crippen molar-refractivity contribution in [1.29, 1.82) is 0 Å². The van der Waals surface area contributed by atoms with Crippen LogP contribution in [0.4, 0.5) is 0 Å². The smallest absolute Gasteiger partial charge is 0.231 e. The molecule has 1 aliphatic rings. The largest absolute Gasteiger partial charge is 0.473 e. The quantitative estimate of drug-likeness (QED) is 0.904. The molecule has 82 valence electrons. The number of hydrogen-bond acceptors (Lipinski definition) is 4. The molecule has 0 amide bonds. The molecule has 0 spiro atoms. The maximum atomic E-state index is 5.73. The van der Waals surface area contributed by atoms with Crippen LogP contribution in [0.2, 0.25) is 0 Å². The molecule has 0 saturated heterocycles. The SMILES string of the molecule is CNCC1CC(Oc2ncncc2Br)C1. The lowest BCUT2D eigenvalue weighted by Crippen LogP contribution is -2.38. The second-order valence-corrected chi connectivity index (χ2v) is 4.67. The van der Waals surface area contributed by atoms with Crippen molar-refractivity contribution in [3.8, 4) is 5.88 Å². The number of rotatable bonds is 4. The molecule has 1 aromatic rings. The first-order chi connectivity index (χ1) is 7.29. The maximum absolute atomic E-state index is 5.73. The van der Waals surface area contributed by atoms with Gasteiger partial charge in [-0.15, -0.1) is 0 Å². The van der Waals surface area contributed by atoms with E-state index in [4.69, 9.17) is 4.74 Å². The fourth-order valence-electron chi connectivity index (χ4n) is 1.77. The first-order valence-corrected chi connectivity index (χ1v) is 5.85. The van der Waals surface area contributed by atoms with Gasteiger partial charge >= 0.3 is 0 Å². The predicted octanol–water partition coefficient (Wildman–Crippen LogP) is 1.62. The molecule has 4 nitrogen and oxygen atoms in total. The molecule has 1 saturated carbocycles. The average Bonchev–Trinajstić information content (AvgIpc) is 2.18. The van der Waals surface area contributed by atoms with E-state index >= 15 is 0 Å². The summed E-state index contributed by atoms with van der Waals surface area (Å²) in [4.78, 5) is 7.97. The van der Waals surface area contributed by atoms with Gasteiger partial charge in [0.1, 0.15) is 12.4 Å². The van der Waals surface area contributed by atoms with Gasteiger partial charge in [0.2, 0.25) is 5.88 Å². The van der Waals surface area contributed by atoms with E-state index in [9.17, 15) is 0 Å². The Morgan fingerprint density at radius 2 is 2.40 bits per heavy atom. The maximum Gasteiger partial charge on any atom is 0.231 e. The third kappa shape index (κ3) is 2.66. The van der Waals surface area contributed by atoms with Crippen LogP contribution >= 0.6 is 15.9 Å². The van der Waals surface area contributed by atoms with Crippen LogP contribution in [0.25, 0.3) is 0 Å². The summed E-state index contributed by atoms with van der Waals surface area (Å²) in [6.07, 6.45) is 5.74. The highest BCUT2D eigenvalue weighted by Gasteiger charge is 2.30. The van der Waals surface area contributed by atoms with Crippen LogP contribution in [-0.2, 0) is 0 Å². The van der Waals surface area contributed by atoms with Crippen LogP contribution in [-0.4, -0.2) is 29.7 Å². The van der Waals surface area contributed by atoms with Gasteiger partial charge in [0, 0.05) is 6.20 Å². The van der Waals surface area contributed by atoms with Crippen molar-refractivity contribution in [1.82, 2.24) is 15.3 Å². The Hall–Kier alpha value is -0.680. The zero-order valence-corrected chi connectivity index (χ0v) is 10.2. The van der Waals surface area contributed by atoms with Gasteiger partial charge in [0.05, 0.1) is 4.47 Å². The lowest BCUT2D eigenvalue weighted by atomic mass is 9.82. The van der Waals surface area contributed by atoms with Gasteiger partial charge in [-0.25, -0.2) is 9.97 Å². The number of nitrogens with zero attached hydrogens (tertiary/aromatic N) is 2. The summed E-state index contributed by atoms with van der Waals surface area (Å²) >= 11 is 3.36. The van der Waals surface area contributed by atoms with E-state index in [0.29, 0.717) is 12.0 Å². The number of nitrogens with one attached hydrogen (secondary N) is 1. The Kier molecular flexibility index (Phi) is 3.53. The summed E-state index contributed by atoms with van der Waals surface area (Å²) < 4.78 is 6.55. The molecule has 0 bridgehead atoms. The van der Waals surface area contributed by atoms with E-state index < -0.39 is 0 Å². The molecule has 5 heteroatoms. The minimum Gasteiger partial charge on any atom is -0.473 e. The molecule has 0 unspecified atom stereocenters. The van der Waals surface area contributed by atoms with E-state index in [-0.39, 0.29) is 0 Å². The first kappa shape index (κ1) is 10.8. The Morgan fingerprint density at radius 3 is 3.07 bits per heavy atom. The summed E-state index contributed by atoms with van der Waals surface area (Å²) in [5.74, 6) is 1.40. The molecule has 1 fully saturated rings. The van der Waals surface area contributed by atoms with Crippen molar-refractivity contribution in [2.75, 3.05) is 13.6 Å². The molecule has 1 aliphatic carbocycles. The number of halogens is 1. The van der Waals surface area contributed by atoms with Gasteiger partial charge in [0.15, 0.2) is 0 Å². The van der Waals surface area contributed by atoms with Crippen molar-refractivity contribution in [3.05, 3.63) is 17.0 Å². The average molecular weight is 272 g/mol. The molecule has 0 atom stereocenters. The molecular weight excluding hydrogens is 258 g/mol. The monoisotopic (exact) mass is 271 g/mol. The van der Waals surface area contributed by atoms with E-state index in [1.807, 2.05) is 7.05 Å². The van der Waals surface area contributed by atoms with Crippen LogP contribution in [0.5, 0.6) is 5.88 Å². The van der Waals surface area contributed by atoms with Crippen LogP contribution in [0, 0.1) is 5.92 Å². The molecule has 1 heterocycles. The minimum atomic E-state index is 0.314. The van der Waals surface area contributed by atoms with E-state index in [1.165, 1.54) is 6.33 Å². The minimum absolute atomic E-state index is 0.314. The van der Waals surface area contributed by atoms with E-state index in [2.05, 4.69) is 31.2 Å². The lowest BCUT2D eigenvalue weighted by Gasteiger charge is -2.34. The highest BCUT2D eigenvalue weighted by Crippen LogP contribution is 2.32. The van der Waals surface area contributed by atoms with Crippen molar-refractivity contribution >= 4 is 15.9 Å². The zero-order valence-electron chi connectivity index (χ0n) is 8.61. The van der Waals surface area contributed by atoms with E-state index in [1.54, 1.807) is 6.20 Å². The second-order valence-electron chi connectivity index (χ2n) is 3.81. The van der Waals surface area contributed by atoms with Crippen LogP contribution in [0.1, 0.15) is 12.8 Å². The Bertz CT molecular complexity index is 328. The zero-order chi connectivity index (χ0) is 10.7. The van der Waals surface area contributed by atoms with Crippen molar-refractivity contribution in [2.24, 2.45) is 5.92 Å². The Labute approximate surface area is 97.6 Å². The normalized spacial score (nSPS) is 24.7. The van der Waals surface area contributed by atoms with Gasteiger partial charge in [-0.3, -0.25) is 0 Å². The van der Waals surface area contributed by atoms with Crippen LogP contribution < -0.4 is 10.1 Å². The highest BCUT2D eigenvalue weighted by atomic mass is 79.9. The molecule has 15 heavy (non-hydrogen) atoms. The topological polar surface area (TPSA) is 47.0 Å². The molecule has 2 rings (SSSR count). The van der Waals surface area contributed by atoms with Crippen molar-refractivity contribution in [3.63, 3.8) is 0 Å². The third-order valence-electron chi connectivity index (χ3n) is 2.60. The summed E-state index contributed by atoms with van der Waals surface area (Å²) in [5.41, 5.74) is 0. The standard InChI is InChI=1S/C10H14BrN3O/c1-12-4-7-2-8(3-7)15-10-9(11)5-13-6-14-10/h5-8,12H,2-4H2,1H3. The van der Waals surface area contributed by atoms with Gasteiger partial charge in [0.25, 0.3) is 0 Å². The number of hydrogen-bond donors (Lipinski definition) is 1. The molecule has 0 aromatic carbocycles. The Morgan fingerprint density at radius 1 is 1.60 bits per heavy atom. The predicted molar refractivity (Wildman–Crippen MR) is 60.8 cm³/mol. The number of aromatic nitrogens is 2. The Balaban J connectivity index is 1.82. The lowest BCUT2D eigenvalue weighted by molar-refractivity contribution is 0.0608. The molecular formula is C10H14BrN3O. The fraction of sp³-hybridized carbons (Fsp3) is 0.600. The van der Waals surface area contributed by atoms with Crippen LogP contribution in [0.3, 0.4) is 0 Å². The summed E-state index contributed by atoms with van der Waals surface area (Å²) in [5, 5.41) is 3.17. The van der Waals surface area contributed by atoms with Crippen LogP contribution in [0.15, 0.2) is 17.0 Å². The fourth-order valence-corrected chi connectivity index (χ4v) is 2.09. The van der Waals surface area contributed by atoms with Gasteiger partial charge in [-0.05, 0) is 48.3 Å². The van der Waals surface area contributed by atoms with Gasteiger partial charge < -0.3 is 10.1 Å². The van der Waals surface area contributed by atoms with Gasteiger partial charge in [-0.1, -0.05) is 0 Å². The molecule has 0 aliphatic heterocycles. The van der Waals surface area contributed by atoms with E-state index in [0.717, 1.165) is 29.8 Å². The summed E-state index contributed by atoms with van der Waals surface area (Å²) in [7, 11) is 1.98. The summed E-state index contributed by atoms with van der Waals surface area (Å²) in [6.45, 7) is 1.07. The first-order valence-electron chi connectivity index (χ1n) is 5.06. The van der Waals surface area contributed by atoms with Crippen molar-refractivity contribution < 1.29 is 4.74 Å². The third-order valence-corrected chi connectivity index (χ3v) is 3.14. The molecule has 0 radical (unpaired) electrons. The highest BCUT2D eigenvalue weighted by molar-refractivity contribution is 9.10. The number of ether oxygens (including phenoxy) is 1. The van der Waals surface area contributed by atoms with Gasteiger partial charge in [-0.2, -0.15) is 0 Å². The second kappa shape index (κ2) is 4.90.